The van der Waals surface area contributed by atoms with Crippen LogP contribution in [0.15, 0.2) is 47.5 Å². The van der Waals surface area contributed by atoms with E-state index in [1.165, 1.54) is 10.9 Å². The topological polar surface area (TPSA) is 89.8 Å². The Hall–Kier alpha value is -3.09. The van der Waals surface area contributed by atoms with Gasteiger partial charge in [0.15, 0.2) is 0 Å². The first kappa shape index (κ1) is 15.8. The SMILES string of the molecule is CC(C)Cn1nnc2ccc(NC(=O)c3cccnc3)cc2c1=O. The van der Waals surface area contributed by atoms with Gasteiger partial charge in [0.1, 0.15) is 5.52 Å². The van der Waals surface area contributed by atoms with Crippen molar-refractivity contribution in [2.24, 2.45) is 5.92 Å². The van der Waals surface area contributed by atoms with E-state index in [2.05, 4.69) is 20.6 Å². The zero-order valence-corrected chi connectivity index (χ0v) is 13.4. The molecule has 2 heterocycles. The highest BCUT2D eigenvalue weighted by molar-refractivity contribution is 6.04. The Morgan fingerprint density at radius 1 is 1.29 bits per heavy atom. The lowest BCUT2D eigenvalue weighted by Gasteiger charge is -2.09. The molecule has 7 nitrogen and oxygen atoms in total. The van der Waals surface area contributed by atoms with E-state index in [9.17, 15) is 9.59 Å². The molecule has 0 radical (unpaired) electrons. The Kier molecular flexibility index (Phi) is 4.33. The molecular weight excluding hydrogens is 306 g/mol. The molecule has 24 heavy (non-hydrogen) atoms. The number of benzene rings is 1. The van der Waals surface area contributed by atoms with Gasteiger partial charge in [-0.2, -0.15) is 0 Å². The molecule has 0 bridgehead atoms. The van der Waals surface area contributed by atoms with Crippen LogP contribution in [0.5, 0.6) is 0 Å². The predicted molar refractivity (Wildman–Crippen MR) is 90.8 cm³/mol. The Balaban J connectivity index is 1.94. The van der Waals surface area contributed by atoms with Crippen molar-refractivity contribution in [3.05, 3.63) is 58.6 Å². The van der Waals surface area contributed by atoms with Gasteiger partial charge < -0.3 is 5.32 Å². The summed E-state index contributed by atoms with van der Waals surface area (Å²) in [6.45, 7) is 4.50. The smallest absolute Gasteiger partial charge is 0.277 e. The van der Waals surface area contributed by atoms with Crippen molar-refractivity contribution in [3.8, 4) is 0 Å². The summed E-state index contributed by atoms with van der Waals surface area (Å²) in [5, 5.41) is 11.2. The zero-order chi connectivity index (χ0) is 17.1. The summed E-state index contributed by atoms with van der Waals surface area (Å²) in [6.07, 6.45) is 3.08. The highest BCUT2D eigenvalue weighted by Crippen LogP contribution is 2.15. The Bertz CT molecular complexity index is 935. The molecule has 1 amide bonds. The number of aromatic nitrogens is 4. The fourth-order valence-corrected chi connectivity index (χ4v) is 2.32. The Morgan fingerprint density at radius 3 is 2.83 bits per heavy atom. The fraction of sp³-hybridized carbons (Fsp3) is 0.235. The van der Waals surface area contributed by atoms with Crippen molar-refractivity contribution in [1.29, 1.82) is 0 Å². The first-order valence-corrected chi connectivity index (χ1v) is 7.63. The number of fused-ring (bicyclic) bond motifs is 1. The highest BCUT2D eigenvalue weighted by Gasteiger charge is 2.10. The van der Waals surface area contributed by atoms with Crippen LogP contribution in [0.25, 0.3) is 10.9 Å². The second-order valence-electron chi connectivity index (χ2n) is 5.90. The zero-order valence-electron chi connectivity index (χ0n) is 13.4. The van der Waals surface area contributed by atoms with E-state index in [4.69, 9.17) is 0 Å². The molecule has 0 saturated carbocycles. The standard InChI is InChI=1S/C17H17N5O2/c1-11(2)10-22-17(24)14-8-13(5-6-15(14)20-21-22)19-16(23)12-4-3-7-18-9-12/h3-9,11H,10H2,1-2H3,(H,19,23). The summed E-state index contributed by atoms with van der Waals surface area (Å²) < 4.78 is 1.35. The number of rotatable bonds is 4. The largest absolute Gasteiger partial charge is 0.322 e. The van der Waals surface area contributed by atoms with Gasteiger partial charge in [0.25, 0.3) is 11.5 Å². The third-order valence-electron chi connectivity index (χ3n) is 3.44. The van der Waals surface area contributed by atoms with Gasteiger partial charge in [-0.15, -0.1) is 5.10 Å². The lowest BCUT2D eigenvalue weighted by Crippen LogP contribution is -2.26. The van der Waals surface area contributed by atoms with E-state index < -0.39 is 0 Å². The van der Waals surface area contributed by atoms with Crippen LogP contribution in [-0.2, 0) is 6.54 Å². The molecule has 122 valence electrons. The maximum atomic E-state index is 12.5. The van der Waals surface area contributed by atoms with Gasteiger partial charge in [0, 0.05) is 24.6 Å². The van der Waals surface area contributed by atoms with Crippen molar-refractivity contribution in [2.45, 2.75) is 20.4 Å². The van der Waals surface area contributed by atoms with Crippen LogP contribution < -0.4 is 10.9 Å². The van der Waals surface area contributed by atoms with E-state index >= 15 is 0 Å². The highest BCUT2D eigenvalue weighted by atomic mass is 16.1. The molecule has 3 aromatic rings. The predicted octanol–water partition coefficient (Wildman–Crippen LogP) is 2.09. The van der Waals surface area contributed by atoms with Gasteiger partial charge in [-0.05, 0) is 36.2 Å². The number of nitrogens with one attached hydrogen (secondary N) is 1. The van der Waals surface area contributed by atoms with E-state index in [1.54, 1.807) is 36.5 Å². The van der Waals surface area contributed by atoms with Crippen molar-refractivity contribution < 1.29 is 4.79 Å². The normalized spacial score (nSPS) is 11.0. The molecule has 0 unspecified atom stereocenters. The number of nitrogens with zero attached hydrogens (tertiary/aromatic N) is 4. The van der Waals surface area contributed by atoms with Crippen LogP contribution >= 0.6 is 0 Å². The summed E-state index contributed by atoms with van der Waals surface area (Å²) >= 11 is 0. The number of pyridine rings is 1. The minimum Gasteiger partial charge on any atom is -0.322 e. The molecule has 2 aromatic heterocycles. The quantitative estimate of drug-likeness (QED) is 0.794. The van der Waals surface area contributed by atoms with E-state index in [-0.39, 0.29) is 17.4 Å². The van der Waals surface area contributed by atoms with Crippen LogP contribution in [0.2, 0.25) is 0 Å². The molecular formula is C17H17N5O2. The second-order valence-corrected chi connectivity index (χ2v) is 5.90. The van der Waals surface area contributed by atoms with Gasteiger partial charge in [0.05, 0.1) is 10.9 Å². The number of carbonyl (C=O) groups excluding carboxylic acids is 1. The molecule has 0 fully saturated rings. The van der Waals surface area contributed by atoms with Gasteiger partial charge in [-0.1, -0.05) is 19.1 Å². The van der Waals surface area contributed by atoms with Crippen LogP contribution in [0, 0.1) is 5.92 Å². The summed E-state index contributed by atoms with van der Waals surface area (Å²) in [4.78, 5) is 28.6. The number of amides is 1. The van der Waals surface area contributed by atoms with E-state index in [1.807, 2.05) is 13.8 Å². The van der Waals surface area contributed by atoms with E-state index in [0.717, 1.165) is 0 Å². The van der Waals surface area contributed by atoms with Gasteiger partial charge in [0.2, 0.25) is 0 Å². The summed E-state index contributed by atoms with van der Waals surface area (Å²) in [6, 6.07) is 8.34. The average molecular weight is 323 g/mol. The number of carbonyl (C=O) groups is 1. The first-order chi connectivity index (χ1) is 11.5. The van der Waals surface area contributed by atoms with Gasteiger partial charge in [-0.3, -0.25) is 14.6 Å². The molecule has 3 rings (SSSR count). The molecule has 1 N–H and O–H groups in total. The monoisotopic (exact) mass is 323 g/mol. The van der Waals surface area contributed by atoms with Crippen LogP contribution in [0.4, 0.5) is 5.69 Å². The minimum atomic E-state index is -0.285. The van der Waals surface area contributed by atoms with E-state index in [0.29, 0.717) is 28.7 Å². The van der Waals surface area contributed by atoms with Gasteiger partial charge >= 0.3 is 0 Å². The average Bonchev–Trinajstić information content (AvgIpc) is 2.58. The number of hydrogen-bond donors (Lipinski definition) is 1. The molecule has 0 saturated heterocycles. The molecule has 0 aliphatic rings. The maximum absolute atomic E-state index is 12.5. The second kappa shape index (κ2) is 6.57. The summed E-state index contributed by atoms with van der Waals surface area (Å²) in [5.41, 5.74) is 1.26. The van der Waals surface area contributed by atoms with Crippen molar-refractivity contribution in [3.63, 3.8) is 0 Å². The summed E-state index contributed by atoms with van der Waals surface area (Å²) in [7, 11) is 0. The first-order valence-electron chi connectivity index (χ1n) is 7.63. The maximum Gasteiger partial charge on any atom is 0.277 e. The molecule has 1 aromatic carbocycles. The lowest BCUT2D eigenvalue weighted by atomic mass is 10.2. The van der Waals surface area contributed by atoms with Crippen molar-refractivity contribution in [1.82, 2.24) is 20.0 Å². The van der Waals surface area contributed by atoms with Crippen LogP contribution in [-0.4, -0.2) is 25.9 Å². The fourth-order valence-electron chi connectivity index (χ4n) is 2.32. The molecule has 0 aliphatic carbocycles. The minimum absolute atomic E-state index is 0.217. The Morgan fingerprint density at radius 2 is 2.12 bits per heavy atom. The van der Waals surface area contributed by atoms with Gasteiger partial charge in [-0.25, -0.2) is 4.68 Å². The van der Waals surface area contributed by atoms with Crippen molar-refractivity contribution in [2.75, 3.05) is 5.32 Å². The molecule has 7 heteroatoms. The third kappa shape index (κ3) is 3.29. The molecule has 0 aliphatic heterocycles. The molecule has 0 spiro atoms. The Labute approximate surface area is 138 Å². The van der Waals surface area contributed by atoms with Crippen LogP contribution in [0.1, 0.15) is 24.2 Å². The molecule has 0 atom stereocenters. The summed E-state index contributed by atoms with van der Waals surface area (Å²) in [5.74, 6) is -0.00473. The number of hydrogen-bond acceptors (Lipinski definition) is 5. The van der Waals surface area contributed by atoms with Crippen LogP contribution in [0.3, 0.4) is 0 Å². The third-order valence-corrected chi connectivity index (χ3v) is 3.44. The van der Waals surface area contributed by atoms with Crippen molar-refractivity contribution >= 4 is 22.5 Å². The lowest BCUT2D eigenvalue weighted by molar-refractivity contribution is 0.102. The number of anilines is 1.